The van der Waals surface area contributed by atoms with Crippen molar-refractivity contribution in [3.8, 4) is 12.3 Å². The van der Waals surface area contributed by atoms with E-state index in [1.165, 1.54) is 0 Å². The molecular formula is C11H13N. The summed E-state index contributed by atoms with van der Waals surface area (Å²) in [5.74, 6) is 2.71. The molecule has 62 valence electrons. The molecule has 0 unspecified atom stereocenters. The lowest BCUT2D eigenvalue weighted by atomic mass is 10.0. The summed E-state index contributed by atoms with van der Waals surface area (Å²) in [6.45, 7) is 8.01. The predicted molar refractivity (Wildman–Crippen MR) is 51.1 cm³/mol. The third kappa shape index (κ3) is 1.21. The molecular weight excluding hydrogens is 146 g/mol. The standard InChI is InChI=1S/C11H13N/c1-6-11-7(2)9(4)12-10(5)8(11)3/h1H,2-5H3. The van der Waals surface area contributed by atoms with Gasteiger partial charge in [-0.1, -0.05) is 5.92 Å². The largest absolute Gasteiger partial charge is 0.258 e. The highest BCUT2D eigenvalue weighted by Crippen LogP contribution is 2.17. The lowest BCUT2D eigenvalue weighted by molar-refractivity contribution is 1.05. The molecule has 0 N–H and O–H groups in total. The number of nitrogens with zero attached hydrogens (tertiary/aromatic N) is 1. The Morgan fingerprint density at radius 3 is 1.75 bits per heavy atom. The number of rotatable bonds is 0. The Hall–Kier alpha value is -1.29. The van der Waals surface area contributed by atoms with Crippen LogP contribution in [-0.2, 0) is 0 Å². The highest BCUT2D eigenvalue weighted by Gasteiger charge is 2.06. The van der Waals surface area contributed by atoms with Gasteiger partial charge in [-0.15, -0.1) is 6.42 Å². The maximum atomic E-state index is 5.41. The second-order valence-corrected chi connectivity index (χ2v) is 3.05. The van der Waals surface area contributed by atoms with E-state index in [1.54, 1.807) is 0 Å². The van der Waals surface area contributed by atoms with Crippen LogP contribution in [-0.4, -0.2) is 4.98 Å². The van der Waals surface area contributed by atoms with E-state index in [0.717, 1.165) is 28.1 Å². The minimum atomic E-state index is 1.00. The van der Waals surface area contributed by atoms with Gasteiger partial charge < -0.3 is 0 Å². The van der Waals surface area contributed by atoms with Crippen molar-refractivity contribution in [2.45, 2.75) is 27.7 Å². The minimum Gasteiger partial charge on any atom is -0.258 e. The summed E-state index contributed by atoms with van der Waals surface area (Å²) in [5.41, 5.74) is 5.32. The van der Waals surface area contributed by atoms with Crippen LogP contribution in [0.3, 0.4) is 0 Å². The third-order valence-electron chi connectivity index (χ3n) is 2.32. The van der Waals surface area contributed by atoms with Crippen LogP contribution < -0.4 is 0 Å². The number of hydrogen-bond acceptors (Lipinski definition) is 1. The average molecular weight is 159 g/mol. The number of hydrogen-bond donors (Lipinski definition) is 0. The lowest BCUT2D eigenvalue weighted by Crippen LogP contribution is -1.99. The average Bonchev–Trinajstić information content (AvgIpc) is 2.02. The molecule has 1 nitrogen and oxygen atoms in total. The molecule has 0 saturated carbocycles. The Balaban J connectivity index is 3.56. The highest BCUT2D eigenvalue weighted by atomic mass is 14.7. The first-order valence-electron chi connectivity index (χ1n) is 3.99. The van der Waals surface area contributed by atoms with Gasteiger partial charge in [0.2, 0.25) is 0 Å². The Morgan fingerprint density at radius 1 is 1.00 bits per heavy atom. The van der Waals surface area contributed by atoms with Crippen molar-refractivity contribution < 1.29 is 0 Å². The van der Waals surface area contributed by atoms with Crippen LogP contribution in [0.4, 0.5) is 0 Å². The summed E-state index contributed by atoms with van der Waals surface area (Å²) in [7, 11) is 0. The van der Waals surface area contributed by atoms with E-state index in [2.05, 4.69) is 10.9 Å². The van der Waals surface area contributed by atoms with Crippen LogP contribution in [0.2, 0.25) is 0 Å². The topological polar surface area (TPSA) is 12.9 Å². The lowest BCUT2D eigenvalue weighted by Gasteiger charge is -2.08. The molecule has 0 saturated heterocycles. The molecule has 0 amide bonds. The normalized spacial score (nSPS) is 9.58. The van der Waals surface area contributed by atoms with Gasteiger partial charge in [0, 0.05) is 17.0 Å². The summed E-state index contributed by atoms with van der Waals surface area (Å²) in [5, 5.41) is 0. The zero-order valence-corrected chi connectivity index (χ0v) is 8.02. The molecule has 1 aromatic heterocycles. The van der Waals surface area contributed by atoms with Gasteiger partial charge in [0.05, 0.1) is 0 Å². The van der Waals surface area contributed by atoms with Crippen LogP contribution in [0.25, 0.3) is 0 Å². The predicted octanol–water partition coefficient (Wildman–Crippen LogP) is 2.30. The van der Waals surface area contributed by atoms with E-state index >= 15 is 0 Å². The maximum Gasteiger partial charge on any atom is 0.0417 e. The SMILES string of the molecule is C#Cc1c(C)c(C)nc(C)c1C. The van der Waals surface area contributed by atoms with Gasteiger partial charge in [-0.3, -0.25) is 4.98 Å². The summed E-state index contributed by atoms with van der Waals surface area (Å²) in [6, 6.07) is 0. The van der Waals surface area contributed by atoms with Gasteiger partial charge in [0.25, 0.3) is 0 Å². The van der Waals surface area contributed by atoms with Crippen LogP contribution in [0.15, 0.2) is 0 Å². The second kappa shape index (κ2) is 2.98. The first-order chi connectivity index (χ1) is 5.57. The zero-order chi connectivity index (χ0) is 9.30. The maximum absolute atomic E-state index is 5.41. The van der Waals surface area contributed by atoms with E-state index < -0.39 is 0 Å². The highest BCUT2D eigenvalue weighted by molar-refractivity contribution is 5.48. The second-order valence-electron chi connectivity index (χ2n) is 3.05. The molecule has 0 atom stereocenters. The number of terminal acetylenes is 1. The molecule has 1 heterocycles. The molecule has 12 heavy (non-hydrogen) atoms. The molecule has 0 aliphatic carbocycles. The van der Waals surface area contributed by atoms with Gasteiger partial charge in [-0.05, 0) is 38.8 Å². The van der Waals surface area contributed by atoms with Crippen LogP contribution in [0.1, 0.15) is 28.1 Å². The molecule has 0 bridgehead atoms. The molecule has 0 aromatic carbocycles. The first-order valence-corrected chi connectivity index (χ1v) is 3.99. The first kappa shape index (κ1) is 8.80. The Kier molecular flexibility index (Phi) is 2.19. The molecule has 0 fully saturated rings. The smallest absolute Gasteiger partial charge is 0.0417 e. The van der Waals surface area contributed by atoms with Gasteiger partial charge >= 0.3 is 0 Å². The minimum absolute atomic E-state index is 1.00. The Morgan fingerprint density at radius 2 is 1.42 bits per heavy atom. The van der Waals surface area contributed by atoms with Crippen molar-refractivity contribution in [1.29, 1.82) is 0 Å². The molecule has 1 heteroatoms. The van der Waals surface area contributed by atoms with Crippen molar-refractivity contribution in [3.05, 3.63) is 28.1 Å². The van der Waals surface area contributed by atoms with Gasteiger partial charge in [0.1, 0.15) is 0 Å². The molecule has 0 spiro atoms. The molecule has 1 aromatic rings. The van der Waals surface area contributed by atoms with Crippen LogP contribution >= 0.6 is 0 Å². The van der Waals surface area contributed by atoms with E-state index in [9.17, 15) is 0 Å². The number of pyridine rings is 1. The van der Waals surface area contributed by atoms with Gasteiger partial charge in [0.15, 0.2) is 0 Å². The van der Waals surface area contributed by atoms with E-state index in [0.29, 0.717) is 0 Å². The van der Waals surface area contributed by atoms with E-state index in [-0.39, 0.29) is 0 Å². The van der Waals surface area contributed by atoms with Crippen molar-refractivity contribution in [1.82, 2.24) is 4.98 Å². The molecule has 0 aliphatic heterocycles. The monoisotopic (exact) mass is 159 g/mol. The van der Waals surface area contributed by atoms with Crippen LogP contribution in [0, 0.1) is 40.0 Å². The van der Waals surface area contributed by atoms with Crippen molar-refractivity contribution in [2.75, 3.05) is 0 Å². The van der Waals surface area contributed by atoms with E-state index in [1.807, 2.05) is 27.7 Å². The quantitative estimate of drug-likeness (QED) is 0.529. The summed E-state index contributed by atoms with van der Waals surface area (Å²) in [6.07, 6.45) is 5.41. The summed E-state index contributed by atoms with van der Waals surface area (Å²) in [4.78, 5) is 4.39. The summed E-state index contributed by atoms with van der Waals surface area (Å²) < 4.78 is 0. The fraction of sp³-hybridized carbons (Fsp3) is 0.364. The van der Waals surface area contributed by atoms with E-state index in [4.69, 9.17) is 6.42 Å². The van der Waals surface area contributed by atoms with Gasteiger partial charge in [-0.2, -0.15) is 0 Å². The Labute approximate surface area is 73.8 Å². The fourth-order valence-corrected chi connectivity index (χ4v) is 1.28. The summed E-state index contributed by atoms with van der Waals surface area (Å²) >= 11 is 0. The third-order valence-corrected chi connectivity index (χ3v) is 2.32. The zero-order valence-electron chi connectivity index (χ0n) is 8.02. The van der Waals surface area contributed by atoms with Crippen LogP contribution in [0.5, 0.6) is 0 Å². The van der Waals surface area contributed by atoms with Crippen molar-refractivity contribution in [2.24, 2.45) is 0 Å². The Bertz CT molecular complexity index is 330. The molecule has 0 radical (unpaired) electrons. The number of aromatic nitrogens is 1. The van der Waals surface area contributed by atoms with Gasteiger partial charge in [-0.25, -0.2) is 0 Å². The molecule has 1 rings (SSSR count). The van der Waals surface area contributed by atoms with Crippen molar-refractivity contribution in [3.63, 3.8) is 0 Å². The number of aryl methyl sites for hydroxylation is 2. The van der Waals surface area contributed by atoms with Crippen molar-refractivity contribution >= 4 is 0 Å². The fourth-order valence-electron chi connectivity index (χ4n) is 1.28. The molecule has 0 aliphatic rings.